The molecule has 0 aliphatic rings. The zero-order valence-electron chi connectivity index (χ0n) is 6.18. The molecule has 0 aliphatic carbocycles. The van der Waals surface area contributed by atoms with Crippen molar-refractivity contribution in [2.75, 3.05) is 7.11 Å². The van der Waals surface area contributed by atoms with E-state index in [1.807, 2.05) is 6.08 Å². The fourth-order valence-electron chi connectivity index (χ4n) is 0.506. The molecule has 52 valence electrons. The van der Waals surface area contributed by atoms with Crippen LogP contribution in [0.3, 0.4) is 0 Å². The van der Waals surface area contributed by atoms with E-state index in [0.717, 1.165) is 6.42 Å². The summed E-state index contributed by atoms with van der Waals surface area (Å²) in [5.41, 5.74) is 2.90. The summed E-state index contributed by atoms with van der Waals surface area (Å²) in [4.78, 5) is 0. The molecule has 1 nitrogen and oxygen atoms in total. The van der Waals surface area contributed by atoms with E-state index in [0.29, 0.717) is 0 Å². The number of hydrogen-bond acceptors (Lipinski definition) is 1. The topological polar surface area (TPSA) is 9.23 Å². The maximum atomic E-state index is 4.65. The van der Waals surface area contributed by atoms with E-state index in [1.165, 1.54) is 12.8 Å². The third-order valence-corrected chi connectivity index (χ3v) is 1.01. The fourth-order valence-corrected chi connectivity index (χ4v) is 0.506. The smallest absolute Gasteiger partial charge is 0.124 e. The summed E-state index contributed by atoms with van der Waals surface area (Å²) in [6, 6.07) is 0. The molecule has 0 unspecified atom stereocenters. The van der Waals surface area contributed by atoms with Gasteiger partial charge in [-0.3, -0.25) is 0 Å². The lowest BCUT2D eigenvalue weighted by molar-refractivity contribution is 0.339. The summed E-state index contributed by atoms with van der Waals surface area (Å²) in [7, 11) is 1.63. The highest BCUT2D eigenvalue weighted by Crippen LogP contribution is 1.92. The molecule has 0 heterocycles. The lowest BCUT2D eigenvalue weighted by Gasteiger charge is -1.83. The van der Waals surface area contributed by atoms with E-state index in [1.54, 1.807) is 13.4 Å². The van der Waals surface area contributed by atoms with Crippen LogP contribution in [0.25, 0.3) is 0 Å². The zero-order valence-corrected chi connectivity index (χ0v) is 6.18. The minimum atomic E-state index is 1.11. The Balaban J connectivity index is 3.13. The Hall–Kier alpha value is -0.680. The number of rotatable bonds is 4. The Kier molecular flexibility index (Phi) is 6.77. The Labute approximate surface area is 57.0 Å². The Morgan fingerprint density at radius 3 is 2.89 bits per heavy atom. The summed E-state index contributed by atoms with van der Waals surface area (Å²) in [5.74, 6) is 0. The highest BCUT2D eigenvalue weighted by Gasteiger charge is 1.73. The summed E-state index contributed by atoms with van der Waals surface area (Å²) in [6.07, 6.45) is 7.15. The highest BCUT2D eigenvalue weighted by atomic mass is 16.5. The van der Waals surface area contributed by atoms with Crippen LogP contribution in [-0.2, 0) is 4.74 Å². The summed E-state index contributed by atoms with van der Waals surface area (Å²) < 4.78 is 4.65. The van der Waals surface area contributed by atoms with Crippen LogP contribution < -0.4 is 0 Å². The van der Waals surface area contributed by atoms with Crippen molar-refractivity contribution in [2.24, 2.45) is 0 Å². The van der Waals surface area contributed by atoms with Crippen molar-refractivity contribution < 1.29 is 4.74 Å². The second-order valence-electron chi connectivity index (χ2n) is 1.87. The predicted molar refractivity (Wildman–Crippen MR) is 39.2 cm³/mol. The van der Waals surface area contributed by atoms with Gasteiger partial charge in [-0.25, -0.2) is 0 Å². The second kappa shape index (κ2) is 7.32. The maximum absolute atomic E-state index is 4.65. The minimum Gasteiger partial charge on any atom is -0.496 e. The van der Waals surface area contributed by atoms with Gasteiger partial charge in [0.2, 0.25) is 0 Å². The first-order valence-corrected chi connectivity index (χ1v) is 3.34. The molecular weight excluding hydrogens is 112 g/mol. The van der Waals surface area contributed by atoms with Crippen LogP contribution in [0.1, 0.15) is 26.2 Å². The molecule has 0 saturated heterocycles. The first-order valence-electron chi connectivity index (χ1n) is 3.34. The van der Waals surface area contributed by atoms with Crippen LogP contribution in [0.2, 0.25) is 0 Å². The Bertz CT molecular complexity index is 99.1. The van der Waals surface area contributed by atoms with Crippen LogP contribution in [0, 0.1) is 0 Å². The van der Waals surface area contributed by atoms with Crippen LogP contribution in [0.4, 0.5) is 0 Å². The van der Waals surface area contributed by atoms with Gasteiger partial charge in [-0.1, -0.05) is 19.1 Å². The first-order chi connectivity index (χ1) is 4.41. The summed E-state index contributed by atoms with van der Waals surface area (Å²) in [5, 5.41) is 0. The molecule has 0 rings (SSSR count). The molecule has 0 aliphatic heterocycles. The fraction of sp³-hybridized carbons (Fsp3) is 0.625. The standard InChI is InChI=1S/C8H14O/c1-3-4-5-6-7-8-9-2/h6,8H,3-5H2,1-2H3. The molecule has 0 aromatic heterocycles. The Morgan fingerprint density at radius 1 is 1.56 bits per heavy atom. The largest absolute Gasteiger partial charge is 0.496 e. The van der Waals surface area contributed by atoms with Crippen LogP contribution in [0.5, 0.6) is 0 Å². The summed E-state index contributed by atoms with van der Waals surface area (Å²) in [6.45, 7) is 2.17. The van der Waals surface area contributed by atoms with E-state index >= 15 is 0 Å². The van der Waals surface area contributed by atoms with Gasteiger partial charge in [0.15, 0.2) is 0 Å². The molecule has 0 amide bonds. The van der Waals surface area contributed by atoms with E-state index < -0.39 is 0 Å². The quantitative estimate of drug-likeness (QED) is 0.319. The monoisotopic (exact) mass is 126 g/mol. The van der Waals surface area contributed by atoms with Gasteiger partial charge in [0.25, 0.3) is 0 Å². The molecule has 0 N–H and O–H groups in total. The highest BCUT2D eigenvalue weighted by molar-refractivity contribution is 4.78. The summed E-state index contributed by atoms with van der Waals surface area (Å²) >= 11 is 0. The normalized spacial score (nSPS) is 7.78. The number of allylic oxidation sites excluding steroid dienone is 1. The van der Waals surface area contributed by atoms with Crippen molar-refractivity contribution in [3.63, 3.8) is 0 Å². The van der Waals surface area contributed by atoms with E-state index in [-0.39, 0.29) is 0 Å². The van der Waals surface area contributed by atoms with Crippen molar-refractivity contribution in [3.8, 4) is 0 Å². The average Bonchev–Trinajstić information content (AvgIpc) is 1.89. The van der Waals surface area contributed by atoms with Crippen LogP contribution in [-0.4, -0.2) is 7.11 Å². The number of hydrogen-bond donors (Lipinski definition) is 0. The zero-order chi connectivity index (χ0) is 6.95. The third-order valence-electron chi connectivity index (χ3n) is 1.01. The van der Waals surface area contributed by atoms with E-state index in [9.17, 15) is 0 Å². The van der Waals surface area contributed by atoms with Crippen LogP contribution in [0.15, 0.2) is 18.1 Å². The van der Waals surface area contributed by atoms with Gasteiger partial charge >= 0.3 is 0 Å². The SMILES string of the molecule is CCCCC=C=COC. The maximum Gasteiger partial charge on any atom is 0.124 e. The van der Waals surface area contributed by atoms with Crippen LogP contribution >= 0.6 is 0 Å². The molecule has 0 aromatic rings. The van der Waals surface area contributed by atoms with Gasteiger partial charge < -0.3 is 4.74 Å². The molecule has 0 aromatic carbocycles. The van der Waals surface area contributed by atoms with E-state index in [4.69, 9.17) is 0 Å². The van der Waals surface area contributed by atoms with Gasteiger partial charge in [0.05, 0.1) is 7.11 Å². The van der Waals surface area contributed by atoms with Crippen molar-refractivity contribution >= 4 is 0 Å². The van der Waals surface area contributed by atoms with Gasteiger partial charge in [-0.15, -0.1) is 0 Å². The molecule has 0 spiro atoms. The van der Waals surface area contributed by atoms with Crippen molar-refractivity contribution in [1.82, 2.24) is 0 Å². The minimum absolute atomic E-state index is 1.11. The first kappa shape index (κ1) is 8.32. The van der Waals surface area contributed by atoms with Gasteiger partial charge in [-0.05, 0) is 18.9 Å². The van der Waals surface area contributed by atoms with E-state index in [2.05, 4.69) is 17.4 Å². The third kappa shape index (κ3) is 7.32. The lowest BCUT2D eigenvalue weighted by atomic mass is 10.2. The molecule has 0 atom stereocenters. The Morgan fingerprint density at radius 2 is 2.33 bits per heavy atom. The predicted octanol–water partition coefficient (Wildman–Crippen LogP) is 2.49. The molecular formula is C8H14O. The van der Waals surface area contributed by atoms with Crippen molar-refractivity contribution in [1.29, 1.82) is 0 Å². The average molecular weight is 126 g/mol. The molecule has 9 heavy (non-hydrogen) atoms. The van der Waals surface area contributed by atoms with Gasteiger partial charge in [0.1, 0.15) is 6.26 Å². The number of unbranched alkanes of at least 4 members (excludes halogenated alkanes) is 2. The van der Waals surface area contributed by atoms with Gasteiger partial charge in [-0.2, -0.15) is 0 Å². The number of methoxy groups -OCH3 is 1. The molecule has 0 radical (unpaired) electrons. The molecule has 0 bridgehead atoms. The van der Waals surface area contributed by atoms with Crippen molar-refractivity contribution in [2.45, 2.75) is 26.2 Å². The van der Waals surface area contributed by atoms with Gasteiger partial charge in [0, 0.05) is 0 Å². The molecule has 1 heteroatoms. The molecule has 0 saturated carbocycles. The number of ether oxygens (including phenoxy) is 1. The lowest BCUT2D eigenvalue weighted by Crippen LogP contribution is -1.64. The second-order valence-corrected chi connectivity index (χ2v) is 1.87. The van der Waals surface area contributed by atoms with Crippen molar-refractivity contribution in [3.05, 3.63) is 18.1 Å². The molecule has 0 fully saturated rings.